The largest absolute Gasteiger partial charge is 0.366 e. The number of hydrogen-bond donors (Lipinski definition) is 1. The smallest absolute Gasteiger partial charge is 0.0428 e. The van der Waals surface area contributed by atoms with Gasteiger partial charge in [0.05, 0.1) is 0 Å². The summed E-state index contributed by atoms with van der Waals surface area (Å²) >= 11 is 3.47. The van der Waals surface area contributed by atoms with Crippen molar-refractivity contribution in [3.63, 3.8) is 0 Å². The minimum Gasteiger partial charge on any atom is -0.366 e. The SMILES string of the molecule is Brc1c[nH]cc1-c1ccccc1. The third-order valence-electron chi connectivity index (χ3n) is 1.78. The first-order valence-electron chi connectivity index (χ1n) is 3.75. The Morgan fingerprint density at radius 2 is 1.75 bits per heavy atom. The molecule has 2 heteroatoms. The van der Waals surface area contributed by atoms with Crippen molar-refractivity contribution in [2.75, 3.05) is 0 Å². The first kappa shape index (κ1) is 7.62. The van der Waals surface area contributed by atoms with Crippen molar-refractivity contribution in [3.8, 4) is 11.1 Å². The van der Waals surface area contributed by atoms with Crippen molar-refractivity contribution < 1.29 is 0 Å². The summed E-state index contributed by atoms with van der Waals surface area (Å²) in [6.45, 7) is 0. The number of halogens is 1. The molecule has 1 aromatic carbocycles. The second-order valence-electron chi connectivity index (χ2n) is 2.58. The van der Waals surface area contributed by atoms with Gasteiger partial charge in [-0.05, 0) is 21.5 Å². The third kappa shape index (κ3) is 1.30. The van der Waals surface area contributed by atoms with E-state index in [1.807, 2.05) is 30.6 Å². The summed E-state index contributed by atoms with van der Waals surface area (Å²) in [6, 6.07) is 10.3. The fourth-order valence-electron chi connectivity index (χ4n) is 1.18. The van der Waals surface area contributed by atoms with E-state index in [0.717, 1.165) is 4.47 Å². The van der Waals surface area contributed by atoms with E-state index in [0.29, 0.717) is 0 Å². The van der Waals surface area contributed by atoms with Crippen LogP contribution in [-0.4, -0.2) is 4.98 Å². The Kier molecular flexibility index (Phi) is 2.00. The Bertz CT molecular complexity index is 364. The van der Waals surface area contributed by atoms with Crippen molar-refractivity contribution >= 4 is 15.9 Å². The topological polar surface area (TPSA) is 15.8 Å². The monoisotopic (exact) mass is 221 g/mol. The molecule has 1 aromatic heterocycles. The van der Waals surface area contributed by atoms with Gasteiger partial charge >= 0.3 is 0 Å². The molecule has 0 aliphatic rings. The molecule has 2 aromatic rings. The summed E-state index contributed by atoms with van der Waals surface area (Å²) in [7, 11) is 0. The molecule has 0 spiro atoms. The first-order valence-corrected chi connectivity index (χ1v) is 4.55. The van der Waals surface area contributed by atoms with Gasteiger partial charge in [-0.1, -0.05) is 30.3 Å². The summed E-state index contributed by atoms with van der Waals surface area (Å²) in [5.74, 6) is 0. The zero-order valence-electron chi connectivity index (χ0n) is 6.42. The van der Waals surface area contributed by atoms with Gasteiger partial charge in [0.15, 0.2) is 0 Å². The lowest BCUT2D eigenvalue weighted by Crippen LogP contribution is -1.71. The van der Waals surface area contributed by atoms with Crippen LogP contribution in [-0.2, 0) is 0 Å². The molecule has 2 rings (SSSR count). The second kappa shape index (κ2) is 3.15. The highest BCUT2D eigenvalue weighted by Crippen LogP contribution is 2.26. The summed E-state index contributed by atoms with van der Waals surface area (Å²) in [4.78, 5) is 3.05. The molecule has 0 bridgehead atoms. The maximum Gasteiger partial charge on any atom is 0.0428 e. The van der Waals surface area contributed by atoms with Gasteiger partial charge in [0.1, 0.15) is 0 Å². The highest BCUT2D eigenvalue weighted by Gasteiger charge is 2.01. The molecule has 12 heavy (non-hydrogen) atoms. The molecule has 0 radical (unpaired) electrons. The number of nitrogens with one attached hydrogen (secondary N) is 1. The van der Waals surface area contributed by atoms with E-state index in [-0.39, 0.29) is 0 Å². The predicted octanol–water partition coefficient (Wildman–Crippen LogP) is 3.44. The van der Waals surface area contributed by atoms with Crippen LogP contribution in [0.1, 0.15) is 0 Å². The molecule has 0 saturated heterocycles. The van der Waals surface area contributed by atoms with E-state index in [2.05, 4.69) is 33.0 Å². The van der Waals surface area contributed by atoms with E-state index in [1.165, 1.54) is 11.1 Å². The van der Waals surface area contributed by atoms with Gasteiger partial charge in [0.25, 0.3) is 0 Å². The highest BCUT2D eigenvalue weighted by atomic mass is 79.9. The summed E-state index contributed by atoms with van der Waals surface area (Å²) in [6.07, 6.45) is 3.92. The molecule has 60 valence electrons. The van der Waals surface area contributed by atoms with Gasteiger partial charge in [0.2, 0.25) is 0 Å². The molecule has 0 aliphatic carbocycles. The number of H-pyrrole nitrogens is 1. The fraction of sp³-hybridized carbons (Fsp3) is 0. The van der Waals surface area contributed by atoms with Gasteiger partial charge in [-0.25, -0.2) is 0 Å². The zero-order chi connectivity index (χ0) is 8.39. The van der Waals surface area contributed by atoms with Crippen molar-refractivity contribution in [1.82, 2.24) is 4.98 Å². The van der Waals surface area contributed by atoms with Crippen LogP contribution in [0.4, 0.5) is 0 Å². The van der Waals surface area contributed by atoms with Crippen molar-refractivity contribution in [1.29, 1.82) is 0 Å². The number of hydrogen-bond acceptors (Lipinski definition) is 0. The van der Waals surface area contributed by atoms with Gasteiger partial charge in [0, 0.05) is 22.4 Å². The molecule has 0 atom stereocenters. The zero-order valence-corrected chi connectivity index (χ0v) is 8.01. The van der Waals surface area contributed by atoms with E-state index in [4.69, 9.17) is 0 Å². The van der Waals surface area contributed by atoms with E-state index in [1.54, 1.807) is 0 Å². The average molecular weight is 222 g/mol. The van der Waals surface area contributed by atoms with Crippen LogP contribution in [0.2, 0.25) is 0 Å². The van der Waals surface area contributed by atoms with E-state index in [9.17, 15) is 0 Å². The Labute approximate surface area is 79.6 Å². The first-order chi connectivity index (χ1) is 5.88. The van der Waals surface area contributed by atoms with E-state index >= 15 is 0 Å². The molecule has 0 saturated carbocycles. The molecule has 0 unspecified atom stereocenters. The normalized spacial score (nSPS) is 10.1. The molecule has 0 amide bonds. The molecular formula is C10H8BrN. The maximum absolute atomic E-state index is 3.47. The molecular weight excluding hydrogens is 214 g/mol. The van der Waals surface area contributed by atoms with Crippen molar-refractivity contribution in [2.45, 2.75) is 0 Å². The maximum atomic E-state index is 3.47. The van der Waals surface area contributed by atoms with Gasteiger partial charge in [-0.15, -0.1) is 0 Å². The predicted molar refractivity (Wildman–Crippen MR) is 53.9 cm³/mol. The standard InChI is InChI=1S/C10H8BrN/c11-10-7-12-6-9(10)8-4-2-1-3-5-8/h1-7,12H. The van der Waals surface area contributed by atoms with Crippen LogP contribution < -0.4 is 0 Å². The van der Waals surface area contributed by atoms with Crippen LogP contribution in [0.5, 0.6) is 0 Å². The van der Waals surface area contributed by atoms with Crippen LogP contribution >= 0.6 is 15.9 Å². The molecule has 0 fully saturated rings. The quantitative estimate of drug-likeness (QED) is 0.760. The van der Waals surface area contributed by atoms with Crippen molar-refractivity contribution in [2.24, 2.45) is 0 Å². The Morgan fingerprint density at radius 1 is 1.00 bits per heavy atom. The van der Waals surface area contributed by atoms with Crippen LogP contribution in [0, 0.1) is 0 Å². The third-order valence-corrected chi connectivity index (χ3v) is 2.44. The number of rotatable bonds is 1. The summed E-state index contributed by atoms with van der Waals surface area (Å²) < 4.78 is 1.11. The van der Waals surface area contributed by atoms with E-state index < -0.39 is 0 Å². The van der Waals surface area contributed by atoms with Gasteiger partial charge < -0.3 is 4.98 Å². The molecule has 1 nitrogen and oxygen atoms in total. The van der Waals surface area contributed by atoms with Crippen LogP contribution in [0.3, 0.4) is 0 Å². The van der Waals surface area contributed by atoms with Gasteiger partial charge in [-0.2, -0.15) is 0 Å². The number of aromatic nitrogens is 1. The van der Waals surface area contributed by atoms with Gasteiger partial charge in [-0.3, -0.25) is 0 Å². The molecule has 1 N–H and O–H groups in total. The Morgan fingerprint density at radius 3 is 2.33 bits per heavy atom. The fourth-order valence-corrected chi connectivity index (χ4v) is 1.66. The van der Waals surface area contributed by atoms with Crippen molar-refractivity contribution in [3.05, 3.63) is 47.2 Å². The average Bonchev–Trinajstić information content (AvgIpc) is 2.53. The summed E-state index contributed by atoms with van der Waals surface area (Å²) in [5.41, 5.74) is 2.43. The highest BCUT2D eigenvalue weighted by molar-refractivity contribution is 9.10. The Hall–Kier alpha value is -1.02. The lowest BCUT2D eigenvalue weighted by atomic mass is 10.1. The Balaban J connectivity index is 2.51. The lowest BCUT2D eigenvalue weighted by Gasteiger charge is -1.96. The van der Waals surface area contributed by atoms with Crippen LogP contribution in [0.25, 0.3) is 11.1 Å². The number of benzene rings is 1. The lowest BCUT2D eigenvalue weighted by molar-refractivity contribution is 1.41. The molecule has 0 aliphatic heterocycles. The van der Waals surface area contributed by atoms with Crippen LogP contribution in [0.15, 0.2) is 47.2 Å². The minimum absolute atomic E-state index is 1.11. The molecule has 1 heterocycles. The minimum atomic E-state index is 1.11. The second-order valence-corrected chi connectivity index (χ2v) is 3.44. The number of aromatic amines is 1. The summed E-state index contributed by atoms with van der Waals surface area (Å²) in [5, 5.41) is 0.